The highest BCUT2D eigenvalue weighted by Crippen LogP contribution is 2.03. The van der Waals surface area contributed by atoms with Gasteiger partial charge in [-0.1, -0.05) is 18.3 Å². The number of aliphatic hydroxyl groups excluding tert-OH is 1. The Morgan fingerprint density at radius 1 is 2.00 bits per heavy atom. The van der Waals surface area contributed by atoms with Crippen LogP contribution in [0.4, 0.5) is 0 Å². The van der Waals surface area contributed by atoms with Gasteiger partial charge in [-0.15, -0.1) is 0 Å². The third-order valence-electron chi connectivity index (χ3n) is 0.633. The maximum atomic E-state index is 10.5. The quantitative estimate of drug-likeness (QED) is 0.599. The predicted octanol–water partition coefficient (Wildman–Crippen LogP) is 0.813. The first-order valence-electron chi connectivity index (χ1n) is 2.64. The molecule has 0 aromatic heterocycles. The summed E-state index contributed by atoms with van der Waals surface area (Å²) < 4.78 is 0. The number of hydrogen-bond acceptors (Lipinski definition) is 3. The van der Waals surface area contributed by atoms with E-state index in [1.165, 1.54) is 6.08 Å². The molecule has 0 heterocycles. The van der Waals surface area contributed by atoms with Crippen LogP contribution in [-0.4, -0.2) is 22.1 Å². The number of rotatable bonds is 3. The minimum Gasteiger partial charge on any atom is -0.393 e. The van der Waals surface area contributed by atoms with Crippen LogP contribution >= 0.6 is 11.8 Å². The number of carbonyl (C=O) groups is 1. The van der Waals surface area contributed by atoms with E-state index in [0.29, 0.717) is 5.75 Å². The molecular weight excluding hydrogens is 136 g/mol. The first-order chi connectivity index (χ1) is 4.16. The molecule has 2 nitrogen and oxygen atoms in total. The standard InChI is InChI=1S/C6H10O2S/c1-3-6(8)9-4-5(2)7/h3,5,7H,1,4H2,2H3. The Morgan fingerprint density at radius 3 is 2.89 bits per heavy atom. The zero-order valence-corrected chi connectivity index (χ0v) is 6.15. The van der Waals surface area contributed by atoms with E-state index >= 15 is 0 Å². The number of thioether (sulfide) groups is 1. The van der Waals surface area contributed by atoms with Gasteiger partial charge in [0.2, 0.25) is 5.12 Å². The van der Waals surface area contributed by atoms with E-state index in [-0.39, 0.29) is 5.12 Å². The Morgan fingerprint density at radius 2 is 2.56 bits per heavy atom. The van der Waals surface area contributed by atoms with Crippen LogP contribution < -0.4 is 0 Å². The molecule has 0 aliphatic rings. The molecule has 0 saturated carbocycles. The average Bonchev–Trinajstić information content (AvgIpc) is 1.83. The van der Waals surface area contributed by atoms with Crippen LogP contribution in [0.5, 0.6) is 0 Å². The zero-order valence-electron chi connectivity index (χ0n) is 5.33. The van der Waals surface area contributed by atoms with Crippen LogP contribution in [0, 0.1) is 0 Å². The minimum absolute atomic E-state index is 0.0871. The van der Waals surface area contributed by atoms with E-state index in [1.54, 1.807) is 6.92 Å². The lowest BCUT2D eigenvalue weighted by Gasteiger charge is -1.98. The first kappa shape index (κ1) is 8.72. The molecule has 3 heteroatoms. The van der Waals surface area contributed by atoms with Crippen molar-refractivity contribution in [3.05, 3.63) is 12.7 Å². The van der Waals surface area contributed by atoms with Crippen LogP contribution in [0.25, 0.3) is 0 Å². The lowest BCUT2D eigenvalue weighted by atomic mass is 10.5. The van der Waals surface area contributed by atoms with E-state index in [0.717, 1.165) is 11.8 Å². The summed E-state index contributed by atoms with van der Waals surface area (Å²) >= 11 is 1.08. The van der Waals surface area contributed by atoms with Gasteiger partial charge in [-0.3, -0.25) is 4.79 Å². The fourth-order valence-electron chi connectivity index (χ4n) is 0.262. The van der Waals surface area contributed by atoms with Crippen molar-refractivity contribution in [2.24, 2.45) is 0 Å². The molecule has 0 rings (SSSR count). The van der Waals surface area contributed by atoms with Gasteiger partial charge in [0.05, 0.1) is 6.10 Å². The van der Waals surface area contributed by atoms with Crippen LogP contribution in [0.3, 0.4) is 0 Å². The largest absolute Gasteiger partial charge is 0.393 e. The Hall–Kier alpha value is -0.280. The molecule has 0 aromatic rings. The van der Waals surface area contributed by atoms with Crippen molar-refractivity contribution in [3.8, 4) is 0 Å². The second-order valence-electron chi connectivity index (χ2n) is 1.68. The highest BCUT2D eigenvalue weighted by molar-refractivity contribution is 8.14. The number of aliphatic hydroxyl groups is 1. The fourth-order valence-corrected chi connectivity index (χ4v) is 0.785. The van der Waals surface area contributed by atoms with Crippen molar-refractivity contribution in [2.45, 2.75) is 13.0 Å². The van der Waals surface area contributed by atoms with Crippen molar-refractivity contribution in [3.63, 3.8) is 0 Å². The molecule has 0 aromatic carbocycles. The van der Waals surface area contributed by atoms with Gasteiger partial charge in [0, 0.05) is 5.75 Å². The molecule has 0 saturated heterocycles. The van der Waals surface area contributed by atoms with Crippen LogP contribution in [0.1, 0.15) is 6.92 Å². The van der Waals surface area contributed by atoms with Gasteiger partial charge < -0.3 is 5.11 Å². The fraction of sp³-hybridized carbons (Fsp3) is 0.500. The molecule has 0 bridgehead atoms. The third-order valence-corrected chi connectivity index (χ3v) is 1.73. The summed E-state index contributed by atoms with van der Waals surface area (Å²) in [6, 6.07) is 0. The van der Waals surface area contributed by atoms with Gasteiger partial charge in [-0.25, -0.2) is 0 Å². The molecule has 0 radical (unpaired) electrons. The van der Waals surface area contributed by atoms with Crippen molar-refractivity contribution in [1.82, 2.24) is 0 Å². The molecule has 9 heavy (non-hydrogen) atoms. The predicted molar refractivity (Wildman–Crippen MR) is 39.3 cm³/mol. The summed E-state index contributed by atoms with van der Waals surface area (Å²) in [7, 11) is 0. The first-order valence-corrected chi connectivity index (χ1v) is 3.62. The van der Waals surface area contributed by atoms with Crippen molar-refractivity contribution in [1.29, 1.82) is 0 Å². The van der Waals surface area contributed by atoms with E-state index in [2.05, 4.69) is 6.58 Å². The van der Waals surface area contributed by atoms with E-state index in [4.69, 9.17) is 5.11 Å². The third kappa shape index (κ3) is 5.59. The summed E-state index contributed by atoms with van der Waals surface area (Å²) in [4.78, 5) is 10.5. The zero-order chi connectivity index (χ0) is 7.28. The molecule has 1 atom stereocenters. The molecule has 52 valence electrons. The smallest absolute Gasteiger partial charge is 0.211 e. The highest BCUT2D eigenvalue weighted by Gasteiger charge is 1.99. The SMILES string of the molecule is C=CC(=O)SCC(C)O. The molecule has 1 N–H and O–H groups in total. The topological polar surface area (TPSA) is 37.3 Å². The summed E-state index contributed by atoms with van der Waals surface area (Å²) in [6.45, 7) is 4.93. The maximum Gasteiger partial charge on any atom is 0.211 e. The van der Waals surface area contributed by atoms with Gasteiger partial charge in [-0.05, 0) is 13.0 Å². The summed E-state index contributed by atoms with van der Waals surface area (Å²) in [5.74, 6) is 0.449. The van der Waals surface area contributed by atoms with Gasteiger partial charge in [0.1, 0.15) is 0 Å². The van der Waals surface area contributed by atoms with Gasteiger partial charge >= 0.3 is 0 Å². The average molecular weight is 146 g/mol. The molecule has 0 aliphatic carbocycles. The Labute approximate surface area is 59.0 Å². The van der Waals surface area contributed by atoms with Crippen LogP contribution in [0.15, 0.2) is 12.7 Å². The van der Waals surface area contributed by atoms with Crippen molar-refractivity contribution in [2.75, 3.05) is 5.75 Å². The molecule has 0 fully saturated rings. The Bertz CT molecular complexity index is 110. The summed E-state index contributed by atoms with van der Waals surface area (Å²) in [5, 5.41) is 8.60. The second kappa shape index (κ2) is 4.58. The minimum atomic E-state index is -0.418. The van der Waals surface area contributed by atoms with Crippen molar-refractivity contribution >= 4 is 16.9 Å². The molecular formula is C6H10O2S. The molecule has 0 spiro atoms. The van der Waals surface area contributed by atoms with E-state index < -0.39 is 6.10 Å². The van der Waals surface area contributed by atoms with Gasteiger partial charge in [0.25, 0.3) is 0 Å². The maximum absolute atomic E-state index is 10.5. The van der Waals surface area contributed by atoms with Crippen LogP contribution in [0.2, 0.25) is 0 Å². The highest BCUT2D eigenvalue weighted by atomic mass is 32.2. The van der Waals surface area contributed by atoms with Gasteiger partial charge in [-0.2, -0.15) is 0 Å². The lowest BCUT2D eigenvalue weighted by Crippen LogP contribution is -2.04. The molecule has 0 aliphatic heterocycles. The van der Waals surface area contributed by atoms with Crippen LogP contribution in [-0.2, 0) is 4.79 Å². The number of carbonyl (C=O) groups excluding carboxylic acids is 1. The lowest BCUT2D eigenvalue weighted by molar-refractivity contribution is -0.107. The monoisotopic (exact) mass is 146 g/mol. The molecule has 1 unspecified atom stereocenters. The van der Waals surface area contributed by atoms with E-state index in [1.807, 2.05) is 0 Å². The molecule has 0 amide bonds. The number of hydrogen-bond donors (Lipinski definition) is 1. The summed E-state index contributed by atoms with van der Waals surface area (Å²) in [6.07, 6.45) is 0.825. The van der Waals surface area contributed by atoms with E-state index in [9.17, 15) is 4.79 Å². The van der Waals surface area contributed by atoms with Gasteiger partial charge in [0.15, 0.2) is 0 Å². The summed E-state index contributed by atoms with van der Waals surface area (Å²) in [5.41, 5.74) is 0. The Balaban J connectivity index is 3.27. The second-order valence-corrected chi connectivity index (χ2v) is 2.71. The normalized spacial score (nSPS) is 12.7. The van der Waals surface area contributed by atoms with Crippen molar-refractivity contribution < 1.29 is 9.90 Å². The Kier molecular flexibility index (Phi) is 4.44.